The quantitative estimate of drug-likeness (QED) is 0.826. The van der Waals surface area contributed by atoms with Gasteiger partial charge in [-0.05, 0) is 18.6 Å². The van der Waals surface area contributed by atoms with Gasteiger partial charge in [0.15, 0.2) is 6.10 Å². The van der Waals surface area contributed by atoms with E-state index in [2.05, 4.69) is 0 Å². The van der Waals surface area contributed by atoms with Crippen LogP contribution in [0.3, 0.4) is 0 Å². The monoisotopic (exact) mass is 208 g/mol. The van der Waals surface area contributed by atoms with Crippen molar-refractivity contribution < 1.29 is 14.6 Å². The van der Waals surface area contributed by atoms with Gasteiger partial charge in [-0.3, -0.25) is 0 Å². The van der Waals surface area contributed by atoms with Gasteiger partial charge in [-0.2, -0.15) is 0 Å². The van der Waals surface area contributed by atoms with Crippen LogP contribution in [0.5, 0.6) is 5.75 Å². The Morgan fingerprint density at radius 1 is 1.33 bits per heavy atom. The number of benzene rings is 1. The van der Waals surface area contributed by atoms with Crippen molar-refractivity contribution in [2.24, 2.45) is 5.92 Å². The Morgan fingerprint density at radius 2 is 1.93 bits per heavy atom. The average molecular weight is 208 g/mol. The van der Waals surface area contributed by atoms with E-state index >= 15 is 0 Å². The summed E-state index contributed by atoms with van der Waals surface area (Å²) in [5.41, 5.74) is 0.949. The van der Waals surface area contributed by atoms with Crippen molar-refractivity contribution in [3.8, 4) is 5.75 Å². The van der Waals surface area contributed by atoms with Gasteiger partial charge in [0, 0.05) is 5.92 Å². The summed E-state index contributed by atoms with van der Waals surface area (Å²) in [5.74, 6) is -0.339. The van der Waals surface area contributed by atoms with Gasteiger partial charge in [0.25, 0.3) is 0 Å². The molecule has 0 aromatic heterocycles. The zero-order chi connectivity index (χ0) is 11.4. The predicted octanol–water partition coefficient (Wildman–Crippen LogP) is 2.48. The van der Waals surface area contributed by atoms with E-state index in [0.29, 0.717) is 5.75 Å². The van der Waals surface area contributed by atoms with Gasteiger partial charge in [-0.1, -0.05) is 32.0 Å². The standard InChI is InChI=1S/C12H16O3/c1-8(2)11(12(13)14)15-10-7-5-4-6-9(10)3/h4-8,11H,1-3H3,(H,13,14)/t11-/m1/s1. The molecule has 0 aliphatic carbocycles. The van der Waals surface area contributed by atoms with Crippen LogP contribution < -0.4 is 4.74 Å². The number of hydrogen-bond acceptors (Lipinski definition) is 2. The molecule has 1 aromatic rings. The molecule has 3 nitrogen and oxygen atoms in total. The highest BCUT2D eigenvalue weighted by molar-refractivity contribution is 5.73. The Morgan fingerprint density at radius 3 is 2.40 bits per heavy atom. The second kappa shape index (κ2) is 4.82. The van der Waals surface area contributed by atoms with Crippen LogP contribution in [0.2, 0.25) is 0 Å². The smallest absolute Gasteiger partial charge is 0.345 e. The summed E-state index contributed by atoms with van der Waals surface area (Å²) in [7, 11) is 0. The number of aryl methyl sites for hydroxylation is 1. The van der Waals surface area contributed by atoms with Crippen LogP contribution in [-0.2, 0) is 4.79 Å². The van der Waals surface area contributed by atoms with E-state index < -0.39 is 12.1 Å². The molecule has 1 aromatic carbocycles. The first-order valence-corrected chi connectivity index (χ1v) is 4.97. The van der Waals surface area contributed by atoms with Gasteiger partial charge < -0.3 is 9.84 Å². The fourth-order valence-electron chi connectivity index (χ4n) is 1.30. The van der Waals surface area contributed by atoms with E-state index in [4.69, 9.17) is 9.84 Å². The minimum atomic E-state index is -0.923. The number of rotatable bonds is 4. The zero-order valence-corrected chi connectivity index (χ0v) is 9.23. The Labute approximate surface area is 89.7 Å². The molecule has 1 atom stereocenters. The highest BCUT2D eigenvalue weighted by Gasteiger charge is 2.23. The maximum atomic E-state index is 10.9. The number of carboxylic acids is 1. The fraction of sp³-hybridized carbons (Fsp3) is 0.417. The number of carbonyl (C=O) groups is 1. The third-order valence-electron chi connectivity index (χ3n) is 2.20. The largest absolute Gasteiger partial charge is 0.478 e. The maximum Gasteiger partial charge on any atom is 0.345 e. The molecule has 0 unspecified atom stereocenters. The summed E-state index contributed by atoms with van der Waals surface area (Å²) in [5, 5.41) is 8.97. The SMILES string of the molecule is Cc1ccccc1O[C@@H](C(=O)O)C(C)C. The number of hydrogen-bond donors (Lipinski definition) is 1. The van der Waals surface area contributed by atoms with E-state index in [9.17, 15) is 4.79 Å². The van der Waals surface area contributed by atoms with Gasteiger partial charge >= 0.3 is 5.97 Å². The maximum absolute atomic E-state index is 10.9. The summed E-state index contributed by atoms with van der Waals surface area (Å²) in [6.45, 7) is 5.56. The first kappa shape index (κ1) is 11.6. The lowest BCUT2D eigenvalue weighted by atomic mass is 10.1. The van der Waals surface area contributed by atoms with Crippen LogP contribution in [0.4, 0.5) is 0 Å². The molecular weight excluding hydrogens is 192 g/mol. The highest BCUT2D eigenvalue weighted by atomic mass is 16.5. The summed E-state index contributed by atoms with van der Waals surface area (Å²) in [4.78, 5) is 10.9. The lowest BCUT2D eigenvalue weighted by Gasteiger charge is -2.19. The molecule has 0 fully saturated rings. The third-order valence-corrected chi connectivity index (χ3v) is 2.20. The average Bonchev–Trinajstić information content (AvgIpc) is 2.15. The van der Waals surface area contributed by atoms with Crippen LogP contribution in [0.15, 0.2) is 24.3 Å². The van der Waals surface area contributed by atoms with Gasteiger partial charge in [0.1, 0.15) is 5.75 Å². The predicted molar refractivity (Wildman–Crippen MR) is 58.1 cm³/mol. The Hall–Kier alpha value is -1.51. The van der Waals surface area contributed by atoms with Crippen molar-refractivity contribution in [1.29, 1.82) is 0 Å². The minimum Gasteiger partial charge on any atom is -0.478 e. The topological polar surface area (TPSA) is 46.5 Å². The normalized spacial score (nSPS) is 12.5. The lowest BCUT2D eigenvalue weighted by molar-refractivity contribution is -0.147. The fourth-order valence-corrected chi connectivity index (χ4v) is 1.30. The molecule has 0 aliphatic rings. The molecule has 0 aliphatic heterocycles. The Balaban J connectivity index is 2.84. The van der Waals surface area contributed by atoms with Crippen molar-refractivity contribution in [2.75, 3.05) is 0 Å². The summed E-state index contributed by atoms with van der Waals surface area (Å²) in [6, 6.07) is 7.41. The molecule has 0 spiro atoms. The van der Waals surface area contributed by atoms with Crippen molar-refractivity contribution >= 4 is 5.97 Å². The van der Waals surface area contributed by atoms with E-state index in [1.165, 1.54) is 0 Å². The molecule has 0 saturated carbocycles. The second-order valence-corrected chi connectivity index (χ2v) is 3.89. The molecule has 0 radical (unpaired) electrons. The Kier molecular flexibility index (Phi) is 3.72. The molecule has 3 heteroatoms. The van der Waals surface area contributed by atoms with Gasteiger partial charge in [0.05, 0.1) is 0 Å². The van der Waals surface area contributed by atoms with E-state index in [1.54, 1.807) is 6.07 Å². The van der Waals surface area contributed by atoms with Crippen LogP contribution in [-0.4, -0.2) is 17.2 Å². The van der Waals surface area contributed by atoms with E-state index in [0.717, 1.165) is 5.56 Å². The van der Waals surface area contributed by atoms with Crippen LogP contribution in [0.25, 0.3) is 0 Å². The number of para-hydroxylation sites is 1. The molecular formula is C12H16O3. The molecule has 1 rings (SSSR count). The van der Waals surface area contributed by atoms with Crippen molar-refractivity contribution in [1.82, 2.24) is 0 Å². The zero-order valence-electron chi connectivity index (χ0n) is 9.23. The molecule has 82 valence electrons. The van der Waals surface area contributed by atoms with Crippen molar-refractivity contribution in [2.45, 2.75) is 26.9 Å². The van der Waals surface area contributed by atoms with Crippen LogP contribution in [0, 0.1) is 12.8 Å². The second-order valence-electron chi connectivity index (χ2n) is 3.89. The number of ether oxygens (including phenoxy) is 1. The molecule has 1 N–H and O–H groups in total. The first-order valence-electron chi connectivity index (χ1n) is 4.97. The molecule has 0 bridgehead atoms. The lowest BCUT2D eigenvalue weighted by Crippen LogP contribution is -2.32. The molecule has 0 amide bonds. The third kappa shape index (κ3) is 2.98. The van der Waals surface area contributed by atoms with Gasteiger partial charge in [-0.25, -0.2) is 4.79 Å². The summed E-state index contributed by atoms with van der Waals surface area (Å²) in [6.07, 6.45) is -0.786. The van der Waals surface area contributed by atoms with E-state index in [1.807, 2.05) is 39.0 Å². The van der Waals surface area contributed by atoms with Crippen molar-refractivity contribution in [3.63, 3.8) is 0 Å². The van der Waals surface area contributed by atoms with Gasteiger partial charge in [-0.15, -0.1) is 0 Å². The number of carboxylic acid groups (broad SMARTS) is 1. The Bertz CT molecular complexity index is 344. The van der Waals surface area contributed by atoms with Crippen LogP contribution in [0.1, 0.15) is 19.4 Å². The molecule has 0 saturated heterocycles. The van der Waals surface area contributed by atoms with Crippen molar-refractivity contribution in [3.05, 3.63) is 29.8 Å². The summed E-state index contributed by atoms with van der Waals surface area (Å²) < 4.78 is 5.47. The summed E-state index contributed by atoms with van der Waals surface area (Å²) >= 11 is 0. The number of aliphatic carboxylic acids is 1. The van der Waals surface area contributed by atoms with Crippen LogP contribution >= 0.6 is 0 Å². The van der Waals surface area contributed by atoms with Gasteiger partial charge in [0.2, 0.25) is 0 Å². The highest BCUT2D eigenvalue weighted by Crippen LogP contribution is 2.20. The van der Waals surface area contributed by atoms with E-state index in [-0.39, 0.29) is 5.92 Å². The molecule has 0 heterocycles. The first-order chi connectivity index (χ1) is 7.02. The minimum absolute atomic E-state index is 0.0536. The molecule has 15 heavy (non-hydrogen) atoms.